The summed E-state index contributed by atoms with van der Waals surface area (Å²) in [5.41, 5.74) is 1.46. The Bertz CT molecular complexity index is 583. The number of nitro benzene ring substituents is 1. The number of nitro groups is 1. The first kappa shape index (κ1) is 12.8. The largest absolute Gasteiger partial charge is 0.342 e. The van der Waals surface area contributed by atoms with E-state index in [0.29, 0.717) is 11.5 Å². The van der Waals surface area contributed by atoms with Crippen LogP contribution in [0.25, 0.3) is 11.0 Å². The number of benzene rings is 1. The number of non-ortho nitro benzene ring substituents is 1. The lowest BCUT2D eigenvalue weighted by Crippen LogP contribution is -2.30. The molecule has 1 N–H and O–H groups in total. The Morgan fingerprint density at radius 1 is 1.61 bits per heavy atom. The van der Waals surface area contributed by atoms with Crippen LogP contribution in [0.15, 0.2) is 18.2 Å². The molecular weight excluding hydrogens is 300 g/mol. The fourth-order valence-electron chi connectivity index (χ4n) is 1.58. The molecular formula is C11H13BrN4O2. The molecule has 0 bridgehead atoms. The number of nitrogens with zero attached hydrogens (tertiary/aromatic N) is 3. The second-order valence-corrected chi connectivity index (χ2v) is 4.78. The summed E-state index contributed by atoms with van der Waals surface area (Å²) in [6.07, 6.45) is 0. The maximum Gasteiger partial charge on any atom is 0.271 e. The van der Waals surface area contributed by atoms with Crippen molar-refractivity contribution >= 4 is 38.6 Å². The quantitative estimate of drug-likeness (QED) is 0.535. The van der Waals surface area contributed by atoms with Crippen molar-refractivity contribution < 1.29 is 4.92 Å². The molecule has 7 heteroatoms. The molecule has 1 heterocycles. The number of anilines is 1. The normalized spacial score (nSPS) is 12.6. The summed E-state index contributed by atoms with van der Waals surface area (Å²) in [6.45, 7) is 2.06. The molecule has 2 aromatic rings. The smallest absolute Gasteiger partial charge is 0.271 e. The summed E-state index contributed by atoms with van der Waals surface area (Å²) in [6, 6.07) is 4.89. The molecule has 0 saturated carbocycles. The van der Waals surface area contributed by atoms with Crippen molar-refractivity contribution in [2.45, 2.75) is 13.0 Å². The summed E-state index contributed by atoms with van der Waals surface area (Å²) in [5, 5.41) is 11.5. The number of aromatic amines is 1. The maximum atomic E-state index is 10.7. The van der Waals surface area contributed by atoms with E-state index in [-0.39, 0.29) is 11.7 Å². The first-order valence-corrected chi connectivity index (χ1v) is 6.58. The van der Waals surface area contributed by atoms with E-state index in [4.69, 9.17) is 0 Å². The summed E-state index contributed by atoms with van der Waals surface area (Å²) in [7, 11) is 1.93. The zero-order valence-electron chi connectivity index (χ0n) is 10.1. The van der Waals surface area contributed by atoms with E-state index < -0.39 is 4.92 Å². The van der Waals surface area contributed by atoms with Crippen LogP contribution >= 0.6 is 15.9 Å². The lowest BCUT2D eigenvalue weighted by molar-refractivity contribution is -0.384. The number of rotatable bonds is 4. The van der Waals surface area contributed by atoms with Crippen molar-refractivity contribution in [2.24, 2.45) is 0 Å². The molecule has 1 aromatic heterocycles. The van der Waals surface area contributed by atoms with Crippen LogP contribution in [-0.4, -0.2) is 33.3 Å². The Hall–Kier alpha value is -1.63. The Kier molecular flexibility index (Phi) is 3.51. The molecule has 0 aliphatic heterocycles. The first-order valence-electron chi connectivity index (χ1n) is 5.46. The molecule has 6 nitrogen and oxygen atoms in total. The highest BCUT2D eigenvalue weighted by molar-refractivity contribution is 9.09. The van der Waals surface area contributed by atoms with E-state index in [1.165, 1.54) is 12.1 Å². The van der Waals surface area contributed by atoms with E-state index in [9.17, 15) is 10.1 Å². The highest BCUT2D eigenvalue weighted by Gasteiger charge is 2.14. The van der Waals surface area contributed by atoms with Crippen LogP contribution in [0.3, 0.4) is 0 Å². The number of imidazole rings is 1. The van der Waals surface area contributed by atoms with Gasteiger partial charge in [0.2, 0.25) is 5.95 Å². The van der Waals surface area contributed by atoms with Crippen molar-refractivity contribution in [3.63, 3.8) is 0 Å². The highest BCUT2D eigenvalue weighted by atomic mass is 79.9. The third-order valence-corrected chi connectivity index (χ3v) is 3.82. The minimum Gasteiger partial charge on any atom is -0.342 e. The monoisotopic (exact) mass is 312 g/mol. The van der Waals surface area contributed by atoms with E-state index in [1.54, 1.807) is 6.07 Å². The third-order valence-electron chi connectivity index (χ3n) is 2.88. The van der Waals surface area contributed by atoms with Crippen molar-refractivity contribution in [1.29, 1.82) is 0 Å². The molecule has 0 amide bonds. The van der Waals surface area contributed by atoms with Crippen LogP contribution in [-0.2, 0) is 0 Å². The zero-order valence-corrected chi connectivity index (χ0v) is 11.6. The summed E-state index contributed by atoms with van der Waals surface area (Å²) in [4.78, 5) is 19.8. The number of fused-ring (bicyclic) bond motifs is 1. The number of alkyl halides is 1. The van der Waals surface area contributed by atoms with Crippen LogP contribution in [0.5, 0.6) is 0 Å². The second kappa shape index (κ2) is 4.93. The predicted molar refractivity (Wildman–Crippen MR) is 74.4 cm³/mol. The first-order chi connectivity index (χ1) is 8.52. The van der Waals surface area contributed by atoms with E-state index >= 15 is 0 Å². The van der Waals surface area contributed by atoms with Crippen molar-refractivity contribution in [1.82, 2.24) is 9.97 Å². The highest BCUT2D eigenvalue weighted by Crippen LogP contribution is 2.22. The fraction of sp³-hybridized carbons (Fsp3) is 0.364. The molecule has 96 valence electrons. The van der Waals surface area contributed by atoms with Gasteiger partial charge in [-0.25, -0.2) is 4.98 Å². The minimum absolute atomic E-state index is 0.0638. The van der Waals surface area contributed by atoms with Gasteiger partial charge in [-0.15, -0.1) is 0 Å². The zero-order chi connectivity index (χ0) is 13.3. The third kappa shape index (κ3) is 2.31. The minimum atomic E-state index is -0.412. The maximum absolute atomic E-state index is 10.7. The van der Waals surface area contributed by atoms with Gasteiger partial charge in [-0.3, -0.25) is 10.1 Å². The van der Waals surface area contributed by atoms with Gasteiger partial charge in [0.1, 0.15) is 0 Å². The van der Waals surface area contributed by atoms with E-state index in [2.05, 4.69) is 32.8 Å². The van der Waals surface area contributed by atoms with Gasteiger partial charge < -0.3 is 9.88 Å². The Morgan fingerprint density at radius 2 is 2.33 bits per heavy atom. The Morgan fingerprint density at radius 3 is 2.94 bits per heavy atom. The van der Waals surface area contributed by atoms with Crippen LogP contribution in [0.4, 0.5) is 11.6 Å². The van der Waals surface area contributed by atoms with Gasteiger partial charge >= 0.3 is 0 Å². The summed E-state index contributed by atoms with van der Waals surface area (Å²) >= 11 is 3.41. The number of hydrogen-bond acceptors (Lipinski definition) is 4. The molecule has 0 radical (unpaired) electrons. The van der Waals surface area contributed by atoms with Crippen LogP contribution < -0.4 is 4.90 Å². The molecule has 1 aromatic carbocycles. The number of hydrogen-bond donors (Lipinski definition) is 1. The molecule has 18 heavy (non-hydrogen) atoms. The molecule has 0 aliphatic carbocycles. The van der Waals surface area contributed by atoms with Crippen LogP contribution in [0.1, 0.15) is 6.92 Å². The van der Waals surface area contributed by atoms with Crippen LogP contribution in [0.2, 0.25) is 0 Å². The molecule has 1 unspecified atom stereocenters. The lowest BCUT2D eigenvalue weighted by Gasteiger charge is -2.21. The van der Waals surface area contributed by atoms with Gasteiger partial charge in [-0.05, 0) is 13.0 Å². The topological polar surface area (TPSA) is 75.1 Å². The average molecular weight is 313 g/mol. The Balaban J connectivity index is 2.41. The van der Waals surface area contributed by atoms with Crippen molar-refractivity contribution in [3.8, 4) is 0 Å². The number of H-pyrrole nitrogens is 1. The summed E-state index contributed by atoms with van der Waals surface area (Å²) in [5.74, 6) is 0.706. The Labute approximate surface area is 112 Å². The number of nitrogens with one attached hydrogen (secondary N) is 1. The number of halogens is 1. The second-order valence-electron chi connectivity index (χ2n) is 4.13. The molecule has 0 fully saturated rings. The molecule has 0 aliphatic rings. The lowest BCUT2D eigenvalue weighted by atomic mass is 10.3. The average Bonchev–Trinajstić information content (AvgIpc) is 2.79. The van der Waals surface area contributed by atoms with Gasteiger partial charge in [-0.2, -0.15) is 0 Å². The number of aromatic nitrogens is 2. The van der Waals surface area contributed by atoms with E-state index in [0.717, 1.165) is 10.8 Å². The molecule has 1 atom stereocenters. The van der Waals surface area contributed by atoms with Gasteiger partial charge in [-0.1, -0.05) is 15.9 Å². The SMILES string of the molecule is CC(CBr)N(C)c1nc2ccc([N+](=O)[O-])cc2[nH]1. The summed E-state index contributed by atoms with van der Waals surface area (Å²) < 4.78 is 0. The molecule has 0 spiro atoms. The standard InChI is InChI=1S/C11H13BrN4O2/c1-7(6-12)15(2)11-13-9-4-3-8(16(17)18)5-10(9)14-11/h3-5,7H,6H2,1-2H3,(H,13,14). The molecule has 0 saturated heterocycles. The van der Waals surface area contributed by atoms with Crippen molar-refractivity contribution in [3.05, 3.63) is 28.3 Å². The van der Waals surface area contributed by atoms with Gasteiger partial charge in [0.25, 0.3) is 5.69 Å². The van der Waals surface area contributed by atoms with E-state index in [1.807, 2.05) is 11.9 Å². The van der Waals surface area contributed by atoms with Gasteiger partial charge in [0.15, 0.2) is 0 Å². The van der Waals surface area contributed by atoms with Gasteiger partial charge in [0, 0.05) is 30.6 Å². The molecule has 2 rings (SSSR count). The van der Waals surface area contributed by atoms with Crippen molar-refractivity contribution in [2.75, 3.05) is 17.3 Å². The predicted octanol–water partition coefficient (Wildman–Crippen LogP) is 2.69. The van der Waals surface area contributed by atoms with Crippen LogP contribution in [0, 0.1) is 10.1 Å². The fourth-order valence-corrected chi connectivity index (χ4v) is 2.01. The van der Waals surface area contributed by atoms with Gasteiger partial charge in [0.05, 0.1) is 16.0 Å².